The zero-order valence-electron chi connectivity index (χ0n) is 8.93. The predicted octanol–water partition coefficient (Wildman–Crippen LogP) is 5.90. The second-order valence-electron chi connectivity index (χ2n) is 3.67. The van der Waals surface area contributed by atoms with Crippen molar-refractivity contribution in [3.8, 4) is 11.1 Å². The van der Waals surface area contributed by atoms with Gasteiger partial charge in [0.15, 0.2) is 0 Å². The van der Waals surface area contributed by atoms with E-state index in [4.69, 9.17) is 0 Å². The van der Waals surface area contributed by atoms with Gasteiger partial charge in [-0.3, -0.25) is 0 Å². The van der Waals surface area contributed by atoms with Crippen LogP contribution in [0.3, 0.4) is 0 Å². The Morgan fingerprint density at radius 3 is 2.00 bits per heavy atom. The van der Waals surface area contributed by atoms with Gasteiger partial charge in [0.05, 0.1) is 5.56 Å². The fourth-order valence-corrected chi connectivity index (χ4v) is 2.55. The highest BCUT2D eigenvalue weighted by Crippen LogP contribution is 2.38. The van der Waals surface area contributed by atoms with Crippen LogP contribution in [0, 0.1) is 0 Å². The Kier molecular flexibility index (Phi) is 3.82. The second-order valence-corrected chi connectivity index (χ2v) is 5.38. The molecular formula is C13H7Br2F3. The molecule has 18 heavy (non-hydrogen) atoms. The lowest BCUT2D eigenvalue weighted by molar-refractivity contribution is -0.137. The molecule has 94 valence electrons. The Balaban J connectivity index is 2.61. The Bertz CT molecular complexity index is 577. The first-order valence-electron chi connectivity index (χ1n) is 5.01. The van der Waals surface area contributed by atoms with E-state index in [1.54, 1.807) is 18.2 Å². The van der Waals surface area contributed by atoms with Gasteiger partial charge in [-0.2, -0.15) is 13.2 Å². The maximum absolute atomic E-state index is 12.7. The van der Waals surface area contributed by atoms with E-state index in [1.165, 1.54) is 6.07 Å². The maximum atomic E-state index is 12.7. The monoisotopic (exact) mass is 378 g/mol. The third kappa shape index (κ3) is 2.78. The summed E-state index contributed by atoms with van der Waals surface area (Å²) in [5.74, 6) is 0. The minimum atomic E-state index is -4.34. The average Bonchev–Trinajstić information content (AvgIpc) is 2.29. The molecule has 0 radical (unpaired) electrons. The van der Waals surface area contributed by atoms with Crippen molar-refractivity contribution in [3.63, 3.8) is 0 Å². The first kappa shape index (κ1) is 13.6. The molecule has 0 aliphatic heterocycles. The molecule has 2 aromatic rings. The molecule has 2 rings (SSSR count). The van der Waals surface area contributed by atoms with Crippen LogP contribution in [0.15, 0.2) is 51.4 Å². The molecular weight excluding hydrogens is 373 g/mol. The first-order chi connectivity index (χ1) is 8.39. The lowest BCUT2D eigenvalue weighted by atomic mass is 10.0. The van der Waals surface area contributed by atoms with Crippen molar-refractivity contribution < 1.29 is 13.2 Å². The summed E-state index contributed by atoms with van der Waals surface area (Å²) in [4.78, 5) is 0. The van der Waals surface area contributed by atoms with E-state index in [-0.39, 0.29) is 0 Å². The Morgan fingerprint density at radius 1 is 0.778 bits per heavy atom. The van der Waals surface area contributed by atoms with Crippen LogP contribution >= 0.6 is 31.9 Å². The minimum absolute atomic E-state index is 0.511. The molecule has 0 nitrogen and oxygen atoms in total. The summed E-state index contributed by atoms with van der Waals surface area (Å²) < 4.78 is 39.4. The molecule has 0 bridgehead atoms. The van der Waals surface area contributed by atoms with Crippen molar-refractivity contribution in [3.05, 3.63) is 57.0 Å². The summed E-state index contributed by atoms with van der Waals surface area (Å²) in [7, 11) is 0. The summed E-state index contributed by atoms with van der Waals surface area (Å²) >= 11 is 6.62. The standard InChI is InChI=1S/C13H7Br2F3/c14-11-4-2-1-3-9(11)10-7-8(13(16,17)18)5-6-12(10)15/h1-7H. The molecule has 0 N–H and O–H groups in total. The van der Waals surface area contributed by atoms with Crippen LogP contribution in [-0.2, 0) is 6.18 Å². The lowest BCUT2D eigenvalue weighted by Gasteiger charge is -2.12. The molecule has 0 fully saturated rings. The van der Waals surface area contributed by atoms with Crippen molar-refractivity contribution >= 4 is 31.9 Å². The summed E-state index contributed by atoms with van der Waals surface area (Å²) in [6.45, 7) is 0. The number of hydrogen-bond donors (Lipinski definition) is 0. The van der Waals surface area contributed by atoms with Crippen molar-refractivity contribution in [1.82, 2.24) is 0 Å². The van der Waals surface area contributed by atoms with E-state index in [2.05, 4.69) is 31.9 Å². The molecule has 0 saturated heterocycles. The number of rotatable bonds is 1. The van der Waals surface area contributed by atoms with E-state index < -0.39 is 11.7 Å². The van der Waals surface area contributed by atoms with E-state index >= 15 is 0 Å². The van der Waals surface area contributed by atoms with Gasteiger partial charge in [0.1, 0.15) is 0 Å². The van der Waals surface area contributed by atoms with Crippen molar-refractivity contribution in [2.75, 3.05) is 0 Å². The van der Waals surface area contributed by atoms with Crippen LogP contribution < -0.4 is 0 Å². The summed E-state index contributed by atoms with van der Waals surface area (Å²) in [6, 6.07) is 10.8. The Hall–Kier alpha value is -0.810. The summed E-state index contributed by atoms with van der Waals surface area (Å²) in [5, 5.41) is 0. The molecule has 0 amide bonds. The van der Waals surface area contributed by atoms with Gasteiger partial charge in [-0.25, -0.2) is 0 Å². The predicted molar refractivity (Wildman–Crippen MR) is 72.3 cm³/mol. The highest BCUT2D eigenvalue weighted by molar-refractivity contribution is 9.11. The summed E-state index contributed by atoms with van der Waals surface area (Å²) in [5.41, 5.74) is 0.573. The molecule has 2 aromatic carbocycles. The topological polar surface area (TPSA) is 0 Å². The Labute approximate surface area is 119 Å². The molecule has 0 aromatic heterocycles. The highest BCUT2D eigenvalue weighted by Gasteiger charge is 2.31. The molecule has 0 spiro atoms. The molecule has 0 heterocycles. The van der Waals surface area contributed by atoms with E-state index in [0.29, 0.717) is 10.0 Å². The third-order valence-corrected chi connectivity index (χ3v) is 3.84. The van der Waals surface area contributed by atoms with Crippen LogP contribution in [0.1, 0.15) is 5.56 Å². The van der Waals surface area contributed by atoms with Crippen molar-refractivity contribution in [1.29, 1.82) is 0 Å². The van der Waals surface area contributed by atoms with E-state index in [9.17, 15) is 13.2 Å². The van der Waals surface area contributed by atoms with Gasteiger partial charge in [-0.15, -0.1) is 0 Å². The van der Waals surface area contributed by atoms with Crippen LogP contribution in [-0.4, -0.2) is 0 Å². The molecule has 0 aliphatic carbocycles. The summed E-state index contributed by atoms with van der Waals surface area (Å²) in [6.07, 6.45) is -4.34. The zero-order valence-corrected chi connectivity index (χ0v) is 12.1. The Morgan fingerprint density at radius 2 is 1.39 bits per heavy atom. The number of benzene rings is 2. The van der Waals surface area contributed by atoms with Gasteiger partial charge in [0, 0.05) is 8.95 Å². The SMILES string of the molecule is FC(F)(F)c1ccc(Br)c(-c2ccccc2Br)c1. The van der Waals surface area contributed by atoms with Gasteiger partial charge in [-0.05, 0) is 35.4 Å². The maximum Gasteiger partial charge on any atom is 0.416 e. The van der Waals surface area contributed by atoms with Crippen LogP contribution in [0.2, 0.25) is 0 Å². The normalized spacial score (nSPS) is 11.6. The van der Waals surface area contributed by atoms with Crippen molar-refractivity contribution in [2.24, 2.45) is 0 Å². The lowest BCUT2D eigenvalue weighted by Crippen LogP contribution is -2.04. The largest absolute Gasteiger partial charge is 0.416 e. The number of halogens is 5. The molecule has 0 atom stereocenters. The smallest absolute Gasteiger partial charge is 0.166 e. The zero-order chi connectivity index (χ0) is 13.3. The van der Waals surface area contributed by atoms with Gasteiger partial charge in [-0.1, -0.05) is 50.1 Å². The average molecular weight is 380 g/mol. The minimum Gasteiger partial charge on any atom is -0.166 e. The highest BCUT2D eigenvalue weighted by atomic mass is 79.9. The van der Waals surface area contributed by atoms with Crippen LogP contribution in [0.5, 0.6) is 0 Å². The molecule has 5 heteroatoms. The quantitative estimate of drug-likeness (QED) is 0.578. The molecule has 0 saturated carbocycles. The number of alkyl halides is 3. The van der Waals surface area contributed by atoms with Gasteiger partial charge in [0.2, 0.25) is 0 Å². The third-order valence-electron chi connectivity index (χ3n) is 2.46. The van der Waals surface area contributed by atoms with E-state index in [1.807, 2.05) is 6.07 Å². The fraction of sp³-hybridized carbons (Fsp3) is 0.0769. The van der Waals surface area contributed by atoms with Gasteiger partial charge in [0.25, 0.3) is 0 Å². The van der Waals surface area contributed by atoms with Gasteiger partial charge < -0.3 is 0 Å². The van der Waals surface area contributed by atoms with Crippen LogP contribution in [0.25, 0.3) is 11.1 Å². The van der Waals surface area contributed by atoms with Crippen molar-refractivity contribution in [2.45, 2.75) is 6.18 Å². The second kappa shape index (κ2) is 5.05. The van der Waals surface area contributed by atoms with Crippen LogP contribution in [0.4, 0.5) is 13.2 Å². The molecule has 0 unspecified atom stereocenters. The first-order valence-corrected chi connectivity index (χ1v) is 6.60. The van der Waals surface area contributed by atoms with Gasteiger partial charge >= 0.3 is 6.18 Å². The van der Waals surface area contributed by atoms with E-state index in [0.717, 1.165) is 22.2 Å². The molecule has 0 aliphatic rings. The fourth-order valence-electron chi connectivity index (χ4n) is 1.59. The number of hydrogen-bond acceptors (Lipinski definition) is 0.